The molecule has 0 fully saturated rings. The summed E-state index contributed by atoms with van der Waals surface area (Å²) in [5.41, 5.74) is 1.98. The van der Waals surface area contributed by atoms with Gasteiger partial charge in [0, 0.05) is 25.2 Å². The van der Waals surface area contributed by atoms with Crippen molar-refractivity contribution in [3.63, 3.8) is 0 Å². The van der Waals surface area contributed by atoms with Crippen molar-refractivity contribution in [2.24, 2.45) is 0 Å². The Morgan fingerprint density at radius 3 is 2.18 bits per heavy atom. The highest BCUT2D eigenvalue weighted by Crippen LogP contribution is 2.22. The molecule has 0 aromatic heterocycles. The van der Waals surface area contributed by atoms with Crippen molar-refractivity contribution < 1.29 is 13.2 Å². The Morgan fingerprint density at radius 1 is 1.07 bits per heavy atom. The van der Waals surface area contributed by atoms with Crippen LogP contribution in [0.15, 0.2) is 53.4 Å². The third kappa shape index (κ3) is 5.95. The minimum absolute atomic E-state index is 0. The van der Waals surface area contributed by atoms with Gasteiger partial charge >= 0.3 is 0 Å². The van der Waals surface area contributed by atoms with Gasteiger partial charge in [-0.1, -0.05) is 24.6 Å². The number of nitrogens with zero attached hydrogens (tertiary/aromatic N) is 1. The molecule has 1 atom stereocenters. The van der Waals surface area contributed by atoms with E-state index in [-0.39, 0.29) is 29.3 Å². The molecule has 2 rings (SSSR count). The van der Waals surface area contributed by atoms with Crippen LogP contribution in [0.25, 0.3) is 0 Å². The maximum absolute atomic E-state index is 12.7. The van der Waals surface area contributed by atoms with E-state index in [1.54, 1.807) is 48.5 Å². The van der Waals surface area contributed by atoms with Crippen molar-refractivity contribution in [2.45, 2.75) is 31.7 Å². The van der Waals surface area contributed by atoms with Gasteiger partial charge in [0.1, 0.15) is 0 Å². The van der Waals surface area contributed by atoms with Crippen LogP contribution < -0.4 is 14.9 Å². The highest BCUT2D eigenvalue weighted by molar-refractivity contribution is 7.92. The lowest BCUT2D eigenvalue weighted by Gasteiger charge is -2.20. The first-order valence-corrected chi connectivity index (χ1v) is 10.4. The quantitative estimate of drug-likeness (QED) is 0.681. The van der Waals surface area contributed by atoms with Gasteiger partial charge in [-0.2, -0.15) is 0 Å². The van der Waals surface area contributed by atoms with Gasteiger partial charge in [-0.25, -0.2) is 8.42 Å². The molecule has 0 bridgehead atoms. The topological polar surface area (TPSA) is 78.5 Å². The Labute approximate surface area is 173 Å². The second kappa shape index (κ2) is 10.5. The molecule has 0 unspecified atom stereocenters. The number of hydrogen-bond acceptors (Lipinski definition) is 4. The summed E-state index contributed by atoms with van der Waals surface area (Å²) in [5, 5.41) is 6.08. The molecule has 0 heterocycles. The predicted molar refractivity (Wildman–Crippen MR) is 116 cm³/mol. The number of sulfonamides is 1. The molecule has 0 spiro atoms. The normalized spacial score (nSPS) is 12.0. The molecule has 0 aliphatic heterocycles. The van der Waals surface area contributed by atoms with E-state index in [2.05, 4.69) is 10.6 Å². The smallest absolute Gasteiger partial charge is 0.264 e. The molecule has 8 heteroatoms. The van der Waals surface area contributed by atoms with Gasteiger partial charge in [-0.15, -0.1) is 12.4 Å². The summed E-state index contributed by atoms with van der Waals surface area (Å²) in [6.45, 7) is 7.28. The molecule has 1 amide bonds. The zero-order valence-electron chi connectivity index (χ0n) is 16.6. The Bertz CT molecular complexity index is 869. The number of nitrogens with one attached hydrogen (secondary N) is 2. The van der Waals surface area contributed by atoms with E-state index in [0.717, 1.165) is 12.1 Å². The summed E-state index contributed by atoms with van der Waals surface area (Å²) in [4.78, 5) is 12.4. The third-order valence-corrected chi connectivity index (χ3v) is 6.09. The molecule has 154 valence electrons. The average Bonchev–Trinajstić information content (AvgIpc) is 2.66. The molecular weight excluding hydrogens is 398 g/mol. The Hall–Kier alpha value is -2.09. The molecule has 28 heavy (non-hydrogen) atoms. The Kier molecular flexibility index (Phi) is 8.94. The summed E-state index contributed by atoms with van der Waals surface area (Å²) in [6.07, 6.45) is 0. The number of aryl methyl sites for hydroxylation is 1. The van der Waals surface area contributed by atoms with E-state index >= 15 is 0 Å². The van der Waals surface area contributed by atoms with E-state index < -0.39 is 10.0 Å². The Balaban J connectivity index is 0.00000392. The third-order valence-electron chi connectivity index (χ3n) is 4.29. The maximum atomic E-state index is 12.7. The number of rotatable bonds is 8. The van der Waals surface area contributed by atoms with E-state index in [0.29, 0.717) is 17.8 Å². The van der Waals surface area contributed by atoms with Crippen LogP contribution in [-0.4, -0.2) is 40.5 Å². The summed E-state index contributed by atoms with van der Waals surface area (Å²) >= 11 is 0. The second-order valence-electron chi connectivity index (χ2n) is 6.50. The van der Waals surface area contributed by atoms with E-state index in [9.17, 15) is 13.2 Å². The standard InChI is InChI=1S/C20H27N3O3S.ClH/c1-5-21-16(3)14-22-20(24)17-8-10-18(11-9-17)23(4)27(25,26)19-12-6-15(2)7-13-19;/h6-13,16,21H,5,14H2,1-4H3,(H,22,24);1H/t16-;/m1./s1. The number of hydrogen-bond donors (Lipinski definition) is 2. The lowest BCUT2D eigenvalue weighted by atomic mass is 10.2. The van der Waals surface area contributed by atoms with E-state index in [4.69, 9.17) is 0 Å². The lowest BCUT2D eigenvalue weighted by Crippen LogP contribution is -2.38. The molecule has 0 saturated heterocycles. The van der Waals surface area contributed by atoms with Gasteiger partial charge < -0.3 is 10.6 Å². The van der Waals surface area contributed by atoms with Crippen LogP contribution in [0.2, 0.25) is 0 Å². The van der Waals surface area contributed by atoms with Gasteiger partial charge in [0.2, 0.25) is 0 Å². The number of amides is 1. The van der Waals surface area contributed by atoms with Gasteiger partial charge in [0.05, 0.1) is 10.6 Å². The maximum Gasteiger partial charge on any atom is 0.264 e. The number of carbonyl (C=O) groups excluding carboxylic acids is 1. The van der Waals surface area contributed by atoms with E-state index in [1.807, 2.05) is 20.8 Å². The van der Waals surface area contributed by atoms with Crippen LogP contribution in [0, 0.1) is 6.92 Å². The molecule has 0 saturated carbocycles. The number of likely N-dealkylation sites (N-methyl/N-ethyl adjacent to an activating group) is 1. The first-order valence-electron chi connectivity index (χ1n) is 8.93. The Morgan fingerprint density at radius 2 is 1.64 bits per heavy atom. The van der Waals surface area contributed by atoms with Crippen LogP contribution in [0.3, 0.4) is 0 Å². The van der Waals surface area contributed by atoms with Gasteiger partial charge in [-0.3, -0.25) is 9.10 Å². The van der Waals surface area contributed by atoms with Crippen LogP contribution in [-0.2, 0) is 10.0 Å². The van der Waals surface area contributed by atoms with Crippen molar-refractivity contribution in [3.8, 4) is 0 Å². The summed E-state index contributed by atoms with van der Waals surface area (Å²) in [5.74, 6) is -0.185. The summed E-state index contributed by atoms with van der Waals surface area (Å²) < 4.78 is 26.7. The minimum atomic E-state index is -3.65. The number of carbonyl (C=O) groups is 1. The van der Waals surface area contributed by atoms with E-state index in [1.165, 1.54) is 11.4 Å². The molecule has 0 aliphatic carbocycles. The molecule has 6 nitrogen and oxygen atoms in total. The van der Waals surface area contributed by atoms with Crippen LogP contribution in [0.4, 0.5) is 5.69 Å². The molecule has 0 radical (unpaired) electrons. The molecule has 0 aliphatic rings. The predicted octanol–water partition coefficient (Wildman–Crippen LogP) is 2.97. The molecule has 2 aromatic carbocycles. The van der Waals surface area contributed by atoms with Crippen LogP contribution in [0.5, 0.6) is 0 Å². The number of halogens is 1. The van der Waals surface area contributed by atoms with Crippen molar-refractivity contribution in [3.05, 3.63) is 59.7 Å². The summed E-state index contributed by atoms with van der Waals surface area (Å²) in [7, 11) is -2.14. The first kappa shape index (κ1) is 23.9. The van der Waals surface area contributed by atoms with Crippen LogP contribution in [0.1, 0.15) is 29.8 Å². The minimum Gasteiger partial charge on any atom is -0.350 e. The average molecular weight is 426 g/mol. The van der Waals surface area contributed by atoms with Gasteiger partial charge in [-0.05, 0) is 56.8 Å². The fourth-order valence-corrected chi connectivity index (χ4v) is 3.79. The fourth-order valence-electron chi connectivity index (χ4n) is 2.60. The molecule has 2 N–H and O–H groups in total. The van der Waals surface area contributed by atoms with Crippen molar-refractivity contribution >= 4 is 34.0 Å². The highest BCUT2D eigenvalue weighted by atomic mass is 35.5. The second-order valence-corrected chi connectivity index (χ2v) is 8.47. The summed E-state index contributed by atoms with van der Waals surface area (Å²) in [6, 6.07) is 13.4. The van der Waals surface area contributed by atoms with Crippen molar-refractivity contribution in [1.82, 2.24) is 10.6 Å². The van der Waals surface area contributed by atoms with Gasteiger partial charge in [0.25, 0.3) is 15.9 Å². The molecule has 2 aromatic rings. The van der Waals surface area contributed by atoms with Crippen molar-refractivity contribution in [1.29, 1.82) is 0 Å². The first-order chi connectivity index (χ1) is 12.8. The zero-order chi connectivity index (χ0) is 20.0. The highest BCUT2D eigenvalue weighted by Gasteiger charge is 2.21. The van der Waals surface area contributed by atoms with Crippen molar-refractivity contribution in [2.75, 3.05) is 24.4 Å². The van der Waals surface area contributed by atoms with Crippen LogP contribution >= 0.6 is 12.4 Å². The zero-order valence-corrected chi connectivity index (χ0v) is 18.2. The number of benzene rings is 2. The van der Waals surface area contributed by atoms with Gasteiger partial charge in [0.15, 0.2) is 0 Å². The fraction of sp³-hybridized carbons (Fsp3) is 0.350. The SMILES string of the molecule is CCN[C@H](C)CNC(=O)c1ccc(N(C)S(=O)(=O)c2ccc(C)cc2)cc1.Cl. The largest absolute Gasteiger partial charge is 0.350 e. The number of anilines is 1. The molecular formula is C20H28ClN3O3S. The monoisotopic (exact) mass is 425 g/mol. The lowest BCUT2D eigenvalue weighted by molar-refractivity contribution is 0.0950.